The summed E-state index contributed by atoms with van der Waals surface area (Å²) in [5.74, 6) is -0.209. The smallest absolute Gasteiger partial charge is 0.416 e. The van der Waals surface area contributed by atoms with Gasteiger partial charge in [-0.3, -0.25) is 4.79 Å². The highest BCUT2D eigenvalue weighted by Crippen LogP contribution is 2.40. The van der Waals surface area contributed by atoms with Crippen LogP contribution in [-0.2, 0) is 11.0 Å². The Morgan fingerprint density at radius 1 is 1.16 bits per heavy atom. The number of hydrogen-bond donors (Lipinski definition) is 1. The van der Waals surface area contributed by atoms with Crippen LogP contribution in [0.15, 0.2) is 30.3 Å². The van der Waals surface area contributed by atoms with Crippen LogP contribution >= 0.6 is 23.2 Å². The summed E-state index contributed by atoms with van der Waals surface area (Å²) in [6, 6.07) is 6.11. The first-order chi connectivity index (χ1) is 11.7. The molecule has 3 rings (SSSR count). The van der Waals surface area contributed by atoms with Gasteiger partial charge >= 0.3 is 6.18 Å². The molecule has 25 heavy (non-hydrogen) atoms. The van der Waals surface area contributed by atoms with Crippen LogP contribution in [0.3, 0.4) is 0 Å². The number of hydrogen-bond acceptors (Lipinski definition) is 2. The highest BCUT2D eigenvalue weighted by atomic mass is 35.5. The van der Waals surface area contributed by atoms with Gasteiger partial charge in [0.1, 0.15) is 5.75 Å². The first-order valence-corrected chi connectivity index (χ1v) is 7.74. The Labute approximate surface area is 151 Å². The van der Waals surface area contributed by atoms with Crippen molar-refractivity contribution in [2.75, 3.05) is 12.4 Å². The van der Waals surface area contributed by atoms with Gasteiger partial charge in [0.25, 0.3) is 5.91 Å². The number of ether oxygens (including phenoxy) is 1. The molecule has 130 valence electrons. The van der Waals surface area contributed by atoms with Crippen molar-refractivity contribution in [3.05, 3.63) is 57.1 Å². The van der Waals surface area contributed by atoms with E-state index in [9.17, 15) is 18.0 Å². The molecule has 3 nitrogen and oxygen atoms in total. The minimum atomic E-state index is -4.49. The van der Waals surface area contributed by atoms with E-state index in [2.05, 4.69) is 5.32 Å². The van der Waals surface area contributed by atoms with E-state index in [1.54, 1.807) is 6.07 Å². The van der Waals surface area contributed by atoms with E-state index in [0.29, 0.717) is 21.9 Å². The molecule has 0 unspecified atom stereocenters. The van der Waals surface area contributed by atoms with Crippen molar-refractivity contribution in [2.45, 2.75) is 6.18 Å². The lowest BCUT2D eigenvalue weighted by molar-refractivity contribution is -0.137. The summed E-state index contributed by atoms with van der Waals surface area (Å²) in [4.78, 5) is 12.2. The molecule has 0 aromatic heterocycles. The fourth-order valence-electron chi connectivity index (χ4n) is 2.57. The summed E-state index contributed by atoms with van der Waals surface area (Å²) < 4.78 is 43.6. The number of carbonyl (C=O) groups excluding carboxylic acids is 1. The van der Waals surface area contributed by atoms with Crippen LogP contribution in [0.2, 0.25) is 10.0 Å². The molecule has 0 fully saturated rings. The van der Waals surface area contributed by atoms with Gasteiger partial charge in [-0.05, 0) is 30.3 Å². The van der Waals surface area contributed by atoms with E-state index in [4.69, 9.17) is 27.9 Å². The van der Waals surface area contributed by atoms with Gasteiger partial charge in [0.2, 0.25) is 0 Å². The summed E-state index contributed by atoms with van der Waals surface area (Å²) >= 11 is 12.0. The third kappa shape index (κ3) is 3.32. The second-order valence-electron chi connectivity index (χ2n) is 5.28. The fourth-order valence-corrected chi connectivity index (χ4v) is 3.16. The third-order valence-electron chi connectivity index (χ3n) is 3.67. The summed E-state index contributed by atoms with van der Waals surface area (Å²) in [7, 11) is 1.41. The van der Waals surface area contributed by atoms with Gasteiger partial charge in [0.05, 0.1) is 17.7 Å². The molecule has 0 aliphatic carbocycles. The Kier molecular flexibility index (Phi) is 4.43. The summed E-state index contributed by atoms with van der Waals surface area (Å²) in [5.41, 5.74) is 0.253. The minimum Gasteiger partial charge on any atom is -0.495 e. The lowest BCUT2D eigenvalue weighted by atomic mass is 10.0. The number of nitrogens with one attached hydrogen (secondary N) is 1. The molecule has 1 aliphatic rings. The van der Waals surface area contributed by atoms with E-state index in [1.165, 1.54) is 25.3 Å². The molecule has 1 N–H and O–H groups in total. The van der Waals surface area contributed by atoms with Crippen molar-refractivity contribution in [2.24, 2.45) is 0 Å². The lowest BCUT2D eigenvalue weighted by Gasteiger charge is -2.09. The second kappa shape index (κ2) is 6.28. The maximum Gasteiger partial charge on any atom is 0.416 e. The fraction of sp³-hybridized carbons (Fsp3) is 0.118. The molecule has 0 saturated heterocycles. The maximum absolute atomic E-state index is 12.8. The van der Waals surface area contributed by atoms with Gasteiger partial charge in [-0.2, -0.15) is 13.2 Å². The predicted molar refractivity (Wildman–Crippen MR) is 91.0 cm³/mol. The van der Waals surface area contributed by atoms with Crippen molar-refractivity contribution in [1.82, 2.24) is 0 Å². The monoisotopic (exact) mass is 387 g/mol. The molecule has 1 aliphatic heterocycles. The van der Waals surface area contributed by atoms with Crippen molar-refractivity contribution < 1.29 is 22.7 Å². The molecule has 8 heteroatoms. The van der Waals surface area contributed by atoms with Crippen molar-refractivity contribution in [1.29, 1.82) is 0 Å². The van der Waals surface area contributed by atoms with Crippen molar-refractivity contribution >= 4 is 46.4 Å². The first-order valence-electron chi connectivity index (χ1n) is 6.98. The van der Waals surface area contributed by atoms with E-state index in [1.807, 2.05) is 0 Å². The molecule has 0 atom stereocenters. The average Bonchev–Trinajstić information content (AvgIpc) is 2.81. The van der Waals surface area contributed by atoms with Gasteiger partial charge < -0.3 is 10.1 Å². The molecule has 1 heterocycles. The number of carbonyl (C=O) groups is 1. The highest BCUT2D eigenvalue weighted by Gasteiger charge is 2.33. The van der Waals surface area contributed by atoms with E-state index < -0.39 is 17.6 Å². The van der Waals surface area contributed by atoms with Crippen LogP contribution in [0.25, 0.3) is 11.6 Å². The van der Waals surface area contributed by atoms with Crippen LogP contribution in [0, 0.1) is 0 Å². The Morgan fingerprint density at radius 3 is 2.52 bits per heavy atom. The molecule has 0 radical (unpaired) electrons. The topological polar surface area (TPSA) is 38.3 Å². The molecule has 0 spiro atoms. The first kappa shape index (κ1) is 17.6. The van der Waals surface area contributed by atoms with Gasteiger partial charge in [-0.15, -0.1) is 0 Å². The van der Waals surface area contributed by atoms with Crippen LogP contribution in [-0.4, -0.2) is 13.0 Å². The van der Waals surface area contributed by atoms with E-state index >= 15 is 0 Å². The third-order valence-corrected chi connectivity index (χ3v) is 4.17. The quantitative estimate of drug-likeness (QED) is 0.689. The van der Waals surface area contributed by atoms with Gasteiger partial charge in [0, 0.05) is 27.4 Å². The van der Waals surface area contributed by atoms with E-state index in [-0.39, 0.29) is 16.3 Å². The van der Waals surface area contributed by atoms with Crippen LogP contribution in [0.4, 0.5) is 18.9 Å². The summed E-state index contributed by atoms with van der Waals surface area (Å²) in [6.45, 7) is 0. The Hall–Kier alpha value is -2.18. The van der Waals surface area contributed by atoms with Gasteiger partial charge in [-0.25, -0.2) is 0 Å². The Bertz CT molecular complexity index is 907. The minimum absolute atomic E-state index is 0.0955. The molecule has 0 saturated carbocycles. The number of amides is 1. The number of benzene rings is 2. The van der Waals surface area contributed by atoms with Crippen molar-refractivity contribution in [3.8, 4) is 5.75 Å². The maximum atomic E-state index is 12.8. The number of halogens is 5. The predicted octanol–water partition coefficient (Wildman–Crippen LogP) is 5.51. The summed E-state index contributed by atoms with van der Waals surface area (Å²) in [5, 5.41) is 3.03. The number of methoxy groups -OCH3 is 1. The Balaban J connectivity index is 2.12. The SMILES string of the molecule is COc1c(Cl)cc(Cl)cc1/C=C1\C(=O)Nc2cc(C(F)(F)F)ccc21. The van der Waals surface area contributed by atoms with Crippen molar-refractivity contribution in [3.63, 3.8) is 0 Å². The molecular formula is C17H10Cl2F3NO2. The summed E-state index contributed by atoms with van der Waals surface area (Å²) in [6.07, 6.45) is -3.01. The molecule has 2 aromatic carbocycles. The second-order valence-corrected chi connectivity index (χ2v) is 6.12. The number of rotatable bonds is 2. The average molecular weight is 388 g/mol. The van der Waals surface area contributed by atoms with Crippen LogP contribution in [0.1, 0.15) is 16.7 Å². The lowest BCUT2D eigenvalue weighted by Crippen LogP contribution is -2.06. The molecular weight excluding hydrogens is 378 g/mol. The molecule has 1 amide bonds. The van der Waals surface area contributed by atoms with E-state index in [0.717, 1.165) is 12.1 Å². The number of fused-ring (bicyclic) bond motifs is 1. The van der Waals surface area contributed by atoms with Crippen LogP contribution in [0.5, 0.6) is 5.75 Å². The zero-order valence-corrected chi connectivity index (χ0v) is 14.2. The normalized spacial score (nSPS) is 15.3. The number of anilines is 1. The standard InChI is InChI=1S/C17H10Cl2F3NO2/c1-25-15-8(4-10(18)7-13(15)19)5-12-11-3-2-9(17(20,21)22)6-14(11)23-16(12)24/h2-7H,1H3,(H,23,24)/b12-5-. The van der Waals surface area contributed by atoms with Gasteiger partial charge in [-0.1, -0.05) is 29.3 Å². The molecule has 0 bridgehead atoms. The van der Waals surface area contributed by atoms with Gasteiger partial charge in [0.15, 0.2) is 0 Å². The zero-order chi connectivity index (χ0) is 18.4. The molecule has 2 aromatic rings. The zero-order valence-electron chi connectivity index (χ0n) is 12.7. The highest BCUT2D eigenvalue weighted by molar-refractivity contribution is 6.37. The largest absolute Gasteiger partial charge is 0.495 e. The van der Waals surface area contributed by atoms with Crippen LogP contribution < -0.4 is 10.1 Å². The number of alkyl halides is 3. The Morgan fingerprint density at radius 2 is 1.88 bits per heavy atom.